The predicted molar refractivity (Wildman–Crippen MR) is 86.3 cm³/mol. The van der Waals surface area contributed by atoms with E-state index in [9.17, 15) is 25.3 Å². The minimum atomic E-state index is -1.73. The minimum Gasteiger partial charge on any atom is -0.394 e. The van der Waals surface area contributed by atoms with Gasteiger partial charge in [0.1, 0.15) is 24.1 Å². The first-order valence-electron chi connectivity index (χ1n) is 7.94. The molecule has 0 radical (unpaired) electrons. The summed E-state index contributed by atoms with van der Waals surface area (Å²) in [4.78, 5) is 23.8. The van der Waals surface area contributed by atoms with E-state index in [1.165, 1.54) is 17.8 Å². The average Bonchev–Trinajstić information content (AvgIpc) is 3.13. The molecule has 0 unspecified atom stereocenters. The van der Waals surface area contributed by atoms with Crippen LogP contribution in [0.25, 0.3) is 11.2 Å². The number of hydroxylamine groups is 1. The van der Waals surface area contributed by atoms with Crippen LogP contribution in [0.4, 0.5) is 10.6 Å². The van der Waals surface area contributed by atoms with E-state index in [1.54, 1.807) is 6.92 Å². The Kier molecular flexibility index (Phi) is 4.77. The zero-order valence-corrected chi connectivity index (χ0v) is 14.1. The number of carbonyl (C=O) groups is 1. The van der Waals surface area contributed by atoms with E-state index in [2.05, 4.69) is 20.3 Å². The number of aliphatic hydroxyl groups is 3. The number of hydrogen-bond acceptors (Lipinski definition) is 9. The number of urea groups is 1. The summed E-state index contributed by atoms with van der Waals surface area (Å²) in [6.45, 7) is 2.87. The Morgan fingerprint density at radius 2 is 2.19 bits per heavy atom. The summed E-state index contributed by atoms with van der Waals surface area (Å²) in [5, 5.41) is 42.8. The van der Waals surface area contributed by atoms with Crippen LogP contribution in [0.2, 0.25) is 0 Å². The van der Waals surface area contributed by atoms with Crippen LogP contribution >= 0.6 is 0 Å². The molecule has 3 heterocycles. The van der Waals surface area contributed by atoms with Crippen LogP contribution in [-0.2, 0) is 4.74 Å². The van der Waals surface area contributed by atoms with Crippen molar-refractivity contribution in [1.82, 2.24) is 24.8 Å². The number of rotatable bonds is 4. The number of imidazole rings is 1. The maximum Gasteiger partial charge on any atom is 0.347 e. The summed E-state index contributed by atoms with van der Waals surface area (Å²) in [6, 6.07) is -0.790. The average molecular weight is 368 g/mol. The molecule has 12 heteroatoms. The van der Waals surface area contributed by atoms with Crippen molar-refractivity contribution >= 4 is 23.0 Å². The molecule has 3 rings (SSSR count). The Morgan fingerprint density at radius 1 is 1.46 bits per heavy atom. The monoisotopic (exact) mass is 368 g/mol. The highest BCUT2D eigenvalue weighted by Gasteiger charge is 2.53. The van der Waals surface area contributed by atoms with Crippen molar-refractivity contribution in [3.8, 4) is 0 Å². The van der Waals surface area contributed by atoms with Gasteiger partial charge in [-0.1, -0.05) is 0 Å². The molecule has 26 heavy (non-hydrogen) atoms. The Labute approximate surface area is 147 Å². The van der Waals surface area contributed by atoms with Crippen LogP contribution in [-0.4, -0.2) is 77.0 Å². The van der Waals surface area contributed by atoms with Crippen molar-refractivity contribution < 1.29 is 30.1 Å². The topological polar surface area (TPSA) is 166 Å². The van der Waals surface area contributed by atoms with E-state index in [0.717, 1.165) is 6.33 Å². The van der Waals surface area contributed by atoms with Gasteiger partial charge < -0.3 is 25.4 Å². The van der Waals surface area contributed by atoms with Gasteiger partial charge in [-0.15, -0.1) is 0 Å². The van der Waals surface area contributed by atoms with Crippen molar-refractivity contribution in [2.24, 2.45) is 0 Å². The van der Waals surface area contributed by atoms with Crippen LogP contribution in [0.3, 0.4) is 0 Å². The molecular weight excluding hydrogens is 348 g/mol. The third-order valence-electron chi connectivity index (χ3n) is 4.25. The molecule has 4 atom stereocenters. The van der Waals surface area contributed by atoms with Crippen molar-refractivity contribution in [3.63, 3.8) is 0 Å². The summed E-state index contributed by atoms with van der Waals surface area (Å²) in [7, 11) is 0. The molecule has 5 N–H and O–H groups in total. The third kappa shape index (κ3) is 2.77. The van der Waals surface area contributed by atoms with Gasteiger partial charge in [0, 0.05) is 6.54 Å². The minimum absolute atomic E-state index is 0.0857. The van der Waals surface area contributed by atoms with Gasteiger partial charge in [0.25, 0.3) is 0 Å². The number of nitrogens with one attached hydrogen (secondary N) is 1. The molecule has 0 aliphatic carbocycles. The van der Waals surface area contributed by atoms with Crippen molar-refractivity contribution in [3.05, 3.63) is 12.7 Å². The molecule has 1 aliphatic rings. The smallest absolute Gasteiger partial charge is 0.347 e. The molecule has 0 aromatic carbocycles. The van der Waals surface area contributed by atoms with E-state index >= 15 is 0 Å². The first-order valence-corrected chi connectivity index (χ1v) is 7.94. The van der Waals surface area contributed by atoms with Gasteiger partial charge in [0.05, 0.1) is 12.9 Å². The summed E-state index contributed by atoms with van der Waals surface area (Å²) in [5.74, 6) is -0.156. The Bertz CT molecular complexity index is 810. The number of fused-ring (bicyclic) bond motifs is 1. The lowest BCUT2D eigenvalue weighted by atomic mass is 9.96. The lowest BCUT2D eigenvalue weighted by molar-refractivity contribution is -0.0950. The molecule has 12 nitrogen and oxygen atoms in total. The fraction of sp³-hybridized carbons (Fsp3) is 0.571. The van der Waals surface area contributed by atoms with Crippen LogP contribution in [0.15, 0.2) is 12.7 Å². The van der Waals surface area contributed by atoms with Crippen LogP contribution in [0.5, 0.6) is 0 Å². The highest BCUT2D eigenvalue weighted by atomic mass is 16.6. The molecular formula is C14H20N6O6. The van der Waals surface area contributed by atoms with E-state index in [4.69, 9.17) is 4.74 Å². The van der Waals surface area contributed by atoms with Gasteiger partial charge in [-0.3, -0.25) is 9.77 Å². The molecule has 2 aromatic rings. The molecule has 0 saturated carbocycles. The number of carbonyl (C=O) groups excluding carboxylic acids is 1. The molecule has 0 spiro atoms. The second-order valence-corrected chi connectivity index (χ2v) is 6.05. The second-order valence-electron chi connectivity index (χ2n) is 6.05. The third-order valence-corrected chi connectivity index (χ3v) is 4.25. The van der Waals surface area contributed by atoms with Gasteiger partial charge in [0.2, 0.25) is 0 Å². The lowest BCUT2D eigenvalue weighted by Gasteiger charge is -2.27. The van der Waals surface area contributed by atoms with Crippen molar-refractivity contribution in [2.75, 3.05) is 18.2 Å². The lowest BCUT2D eigenvalue weighted by Crippen LogP contribution is -2.44. The fourth-order valence-electron chi connectivity index (χ4n) is 2.88. The normalized spacial score (nSPS) is 28.5. The zero-order valence-electron chi connectivity index (χ0n) is 14.1. The quantitative estimate of drug-likeness (QED) is 0.327. The summed E-state index contributed by atoms with van der Waals surface area (Å²) >= 11 is 0. The highest BCUT2D eigenvalue weighted by Crippen LogP contribution is 2.39. The number of aromatic nitrogens is 4. The number of amides is 2. The van der Waals surface area contributed by atoms with E-state index in [1.807, 2.05) is 0 Å². The van der Waals surface area contributed by atoms with E-state index in [-0.39, 0.29) is 17.0 Å². The molecule has 142 valence electrons. The van der Waals surface area contributed by atoms with Gasteiger partial charge in [-0.2, -0.15) is 5.06 Å². The summed E-state index contributed by atoms with van der Waals surface area (Å²) in [6.07, 6.45) is -1.03. The van der Waals surface area contributed by atoms with Crippen molar-refractivity contribution in [2.45, 2.75) is 37.9 Å². The molecule has 2 aromatic heterocycles. The number of nitrogens with zero attached hydrogens (tertiary/aromatic N) is 5. The molecule has 1 fully saturated rings. The van der Waals surface area contributed by atoms with Crippen molar-refractivity contribution in [1.29, 1.82) is 0 Å². The maximum atomic E-state index is 11.8. The van der Waals surface area contributed by atoms with Crippen LogP contribution < -0.4 is 10.4 Å². The fourth-order valence-corrected chi connectivity index (χ4v) is 2.88. The Hall–Kier alpha value is -2.38. The van der Waals surface area contributed by atoms with Crippen LogP contribution in [0.1, 0.15) is 20.1 Å². The molecule has 0 bridgehead atoms. The maximum absolute atomic E-state index is 11.8. The number of ether oxygens (including phenoxy) is 1. The van der Waals surface area contributed by atoms with E-state index in [0.29, 0.717) is 11.6 Å². The zero-order chi connectivity index (χ0) is 19.1. The first kappa shape index (κ1) is 18.4. The Balaban J connectivity index is 2.03. The molecule has 1 saturated heterocycles. The van der Waals surface area contributed by atoms with Gasteiger partial charge in [-0.25, -0.2) is 19.7 Å². The SMILES string of the molecule is CCNC(=O)N(O)c1ncnc2c1ncn2[C@@H]1O[C@H](CO)[C@@H](O)[C@@]1(C)O. The largest absolute Gasteiger partial charge is 0.394 e. The molecule has 1 aliphatic heterocycles. The summed E-state index contributed by atoms with van der Waals surface area (Å²) in [5.41, 5.74) is -1.48. The first-order chi connectivity index (χ1) is 12.3. The standard InChI is InChI=1S/C14H20N6O6/c1-3-15-13(23)20(25)11-8-10(16-5-17-11)19(6-18-8)12-14(2,24)9(22)7(4-21)26-12/h5-7,9,12,21-22,24-25H,3-4H2,1-2H3,(H,15,23)/t7-,9-,12-,14-/m1/s1. The number of anilines is 1. The number of aliphatic hydroxyl groups excluding tert-OH is 2. The van der Waals surface area contributed by atoms with Gasteiger partial charge in [-0.05, 0) is 13.8 Å². The van der Waals surface area contributed by atoms with Gasteiger partial charge in [0.15, 0.2) is 23.2 Å². The highest BCUT2D eigenvalue weighted by molar-refractivity contribution is 5.96. The number of hydrogen-bond donors (Lipinski definition) is 5. The summed E-state index contributed by atoms with van der Waals surface area (Å²) < 4.78 is 6.87. The Morgan fingerprint density at radius 3 is 2.81 bits per heavy atom. The van der Waals surface area contributed by atoms with Gasteiger partial charge >= 0.3 is 6.03 Å². The second kappa shape index (κ2) is 6.74. The molecule has 2 amide bonds. The van der Waals surface area contributed by atoms with E-state index < -0.39 is 36.7 Å². The van der Waals surface area contributed by atoms with Crippen LogP contribution in [0, 0.1) is 0 Å². The predicted octanol–water partition coefficient (Wildman–Crippen LogP) is -1.25.